The zero-order valence-corrected chi connectivity index (χ0v) is 54.8. The highest BCUT2D eigenvalue weighted by molar-refractivity contribution is 6.10. The normalized spacial score (nSPS) is 11.5. The molecule has 17 aromatic rings. The number of hydrogen-bond acceptors (Lipinski definition) is 9. The number of rotatable bonds is 5. The summed E-state index contributed by atoms with van der Waals surface area (Å²) < 4.78 is 114. The van der Waals surface area contributed by atoms with E-state index in [0.717, 1.165) is 106 Å². The minimum atomic E-state index is -0.888. The molecular weight excluding hydrogens is 1250 g/mol. The van der Waals surface area contributed by atoms with Crippen molar-refractivity contribution in [1.82, 2.24) is 24.9 Å². The largest absolute Gasteiger partial charge is 0.438 e. The Labute approximate surface area is 556 Å². The van der Waals surface area contributed by atoms with Crippen LogP contribution in [0, 0.1) is 77.0 Å². The van der Waals surface area contributed by atoms with Crippen LogP contribution in [0.5, 0.6) is 0 Å². The van der Waals surface area contributed by atoms with E-state index < -0.39 is 29.6 Å². The first-order valence-corrected chi connectivity index (χ1v) is 31.3. The Kier molecular flexibility index (Phi) is 16.4. The topological polar surface area (TPSA) is 133 Å². The summed E-state index contributed by atoms with van der Waals surface area (Å²) >= 11 is 0. The van der Waals surface area contributed by atoms with Crippen LogP contribution in [0.2, 0.25) is 0 Å². The van der Waals surface area contributed by atoms with Gasteiger partial charge < -0.3 is 17.7 Å². The zero-order chi connectivity index (χ0) is 68.5. The highest BCUT2D eigenvalue weighted by Gasteiger charge is 2.26. The third kappa shape index (κ3) is 11.7. The number of aromatic nitrogens is 9. The van der Waals surface area contributed by atoms with Crippen molar-refractivity contribution in [1.29, 1.82) is 0 Å². The molecule has 0 unspecified atom stereocenters. The van der Waals surface area contributed by atoms with Crippen molar-refractivity contribution in [2.24, 2.45) is 28.2 Å². The molecule has 98 heavy (non-hydrogen) atoms. The molecule has 12 heterocycles. The monoisotopic (exact) mass is 1310 g/mol. The van der Waals surface area contributed by atoms with Gasteiger partial charge in [-0.3, -0.25) is 0 Å². The number of benzene rings is 5. The summed E-state index contributed by atoms with van der Waals surface area (Å²) in [6.45, 7) is 12.1. The van der Waals surface area contributed by atoms with Gasteiger partial charge in [-0.15, -0.1) is 0 Å². The lowest BCUT2D eigenvalue weighted by Crippen LogP contribution is -2.31. The smallest absolute Gasteiger partial charge is 0.287 e. The predicted octanol–water partition coefficient (Wildman–Crippen LogP) is 17.6. The summed E-state index contributed by atoms with van der Waals surface area (Å²) in [4.78, 5) is 19.8. The summed E-state index contributed by atoms with van der Waals surface area (Å²) in [5.41, 5.74) is 18.7. The van der Waals surface area contributed by atoms with Crippen LogP contribution in [0.3, 0.4) is 0 Å². The Morgan fingerprint density at radius 2 is 0.837 bits per heavy atom. The van der Waals surface area contributed by atoms with Crippen molar-refractivity contribution in [2.45, 2.75) is 41.5 Å². The van der Waals surface area contributed by atoms with Gasteiger partial charge in [0.2, 0.25) is 63.7 Å². The fraction of sp³-hybridized carbons (Fsp3) is 0.127. The maximum Gasteiger partial charge on any atom is 0.287 e. The van der Waals surface area contributed by atoms with Crippen molar-refractivity contribution < 1.29 is 62.3 Å². The molecule has 5 aromatic carbocycles. The van der Waals surface area contributed by atoms with Crippen LogP contribution in [0.4, 0.5) is 26.3 Å². The molecule has 19 heteroatoms. The number of hydrogen-bond donors (Lipinski definition) is 0. The molecule has 0 saturated heterocycles. The van der Waals surface area contributed by atoms with Gasteiger partial charge in [-0.25, -0.2) is 27.0 Å². The van der Waals surface area contributed by atoms with E-state index in [1.165, 1.54) is 35.4 Å². The summed E-state index contributed by atoms with van der Waals surface area (Å²) in [6.07, 6.45) is 7.65. The van der Waals surface area contributed by atoms with Crippen LogP contribution in [0.15, 0.2) is 206 Å². The maximum atomic E-state index is 15.3. The SMILES string of the molecule is Cc1cc(C)cc(-c2cc(-c3c(C)ccc4c3oc3nc(F)ccc34)[n+](C)cn2)c1.Cc1cc2oc3nc(F)cc(F)c3c2cc1-c1cccc[n+]1C.Cc1cc2oc3nc(F)ccc3c2c(F)c1-c1cccc[n+]1C.Cc1cc2oc3nc(F)ccc3c2cc1-c1cccc[n+]1C. The molecule has 0 spiro atoms. The van der Waals surface area contributed by atoms with Gasteiger partial charge in [-0.2, -0.15) is 37.5 Å². The van der Waals surface area contributed by atoms with Crippen molar-refractivity contribution in [3.63, 3.8) is 0 Å². The molecule has 0 amide bonds. The Balaban J connectivity index is 0.000000113. The second kappa shape index (κ2) is 25.3. The number of nitrogens with zero attached hydrogens (tertiary/aromatic N) is 9. The van der Waals surface area contributed by atoms with Crippen LogP contribution in [-0.2, 0) is 28.2 Å². The van der Waals surface area contributed by atoms with Crippen molar-refractivity contribution >= 4 is 88.3 Å². The highest BCUT2D eigenvalue weighted by Crippen LogP contribution is 2.40. The molecule has 0 N–H and O–H groups in total. The standard InChI is InChI=1S/C25H21FN3O.2C18H13F2N2O.C18H14FN2O/c1-14-9-15(2)11-17(10-14)20-12-21(29(4)13-27-20)23-16(3)5-6-18-19-7-8-22(26)28-25(19)30-24(18)23;1-10-9-13-16(11-6-7-14(19)21-18(11)23-13)17(20)15(10)12-5-3-4-8-22(12)2;1-10-7-15-12(8-11(10)14-5-3-4-6-22(14)2)17-13(19)9-16(20)21-18(17)23-15;1-11-9-16-14(12-6-7-17(19)20-18(12)22-16)10-13(11)15-5-3-4-8-21(15)2/h5-13H,1-4H3;2*3-9H,1-2H3;3-10H,1-2H3/q4*+1. The van der Waals surface area contributed by atoms with E-state index in [1.54, 1.807) is 18.2 Å². The van der Waals surface area contributed by atoms with Crippen molar-refractivity contribution in [3.05, 3.63) is 258 Å². The van der Waals surface area contributed by atoms with Crippen LogP contribution in [0.1, 0.15) is 33.4 Å². The minimum Gasteiger partial charge on any atom is -0.438 e. The molecule has 484 valence electrons. The average molecular weight is 1310 g/mol. The molecule has 12 aromatic heterocycles. The van der Waals surface area contributed by atoms with E-state index in [9.17, 15) is 22.0 Å². The molecule has 0 aliphatic carbocycles. The Morgan fingerprint density at radius 3 is 1.44 bits per heavy atom. The average Bonchev–Trinajstić information content (AvgIpc) is 1.57. The quantitative estimate of drug-likeness (QED) is 0.0938. The molecule has 13 nitrogen and oxygen atoms in total. The second-order valence-corrected chi connectivity index (χ2v) is 24.4. The lowest BCUT2D eigenvalue weighted by Gasteiger charge is -2.08. The molecule has 0 fully saturated rings. The van der Waals surface area contributed by atoms with Gasteiger partial charge >= 0.3 is 0 Å². The molecule has 0 radical (unpaired) electrons. The van der Waals surface area contributed by atoms with Crippen LogP contribution in [0.25, 0.3) is 145 Å². The van der Waals surface area contributed by atoms with Gasteiger partial charge in [0.1, 0.15) is 60.8 Å². The van der Waals surface area contributed by atoms with E-state index in [4.69, 9.17) is 17.7 Å². The first-order valence-electron chi connectivity index (χ1n) is 31.3. The predicted molar refractivity (Wildman–Crippen MR) is 364 cm³/mol. The van der Waals surface area contributed by atoms with E-state index in [-0.39, 0.29) is 22.6 Å². The molecule has 0 atom stereocenters. The first kappa shape index (κ1) is 63.4. The van der Waals surface area contributed by atoms with Crippen LogP contribution >= 0.6 is 0 Å². The summed E-state index contributed by atoms with van der Waals surface area (Å²) in [5, 5.41) is 5.11. The molecule has 0 aliphatic rings. The number of furan rings is 4. The fourth-order valence-corrected chi connectivity index (χ4v) is 12.9. The first-order chi connectivity index (χ1) is 47.1. The van der Waals surface area contributed by atoms with Crippen LogP contribution in [-0.4, -0.2) is 24.9 Å². The summed E-state index contributed by atoms with van der Waals surface area (Å²) in [7, 11) is 7.79. The van der Waals surface area contributed by atoms with Crippen molar-refractivity contribution in [2.75, 3.05) is 0 Å². The van der Waals surface area contributed by atoms with Crippen LogP contribution < -0.4 is 18.3 Å². The minimum absolute atomic E-state index is 0.0218. The number of halogens is 6. The maximum absolute atomic E-state index is 15.3. The zero-order valence-electron chi connectivity index (χ0n) is 54.8. The molecule has 0 aliphatic heterocycles. The third-order valence-electron chi connectivity index (χ3n) is 17.5. The van der Waals surface area contributed by atoms with E-state index in [1.807, 2.05) is 167 Å². The lowest BCUT2D eigenvalue weighted by molar-refractivity contribution is -0.663. The van der Waals surface area contributed by atoms with E-state index in [0.29, 0.717) is 49.9 Å². The van der Waals surface area contributed by atoms with Gasteiger partial charge in [0.15, 0.2) is 24.3 Å². The number of fused-ring (bicyclic) bond motifs is 12. The number of pyridine rings is 7. The van der Waals surface area contributed by atoms with Gasteiger partial charge in [0.25, 0.3) is 6.33 Å². The fourth-order valence-electron chi connectivity index (χ4n) is 12.9. The molecular formula is C79H61F6N9O4+4. The Morgan fingerprint density at radius 1 is 0.347 bits per heavy atom. The lowest BCUT2D eigenvalue weighted by atomic mass is 9.99. The van der Waals surface area contributed by atoms with Gasteiger partial charge in [-0.1, -0.05) is 29.3 Å². The van der Waals surface area contributed by atoms with E-state index in [2.05, 4.69) is 85.8 Å². The van der Waals surface area contributed by atoms with Gasteiger partial charge in [-0.05, 0) is 166 Å². The molecule has 17 rings (SSSR count). The molecule has 0 bridgehead atoms. The second-order valence-electron chi connectivity index (χ2n) is 24.4. The van der Waals surface area contributed by atoms with Gasteiger partial charge in [0, 0.05) is 92.2 Å². The third-order valence-corrected chi connectivity index (χ3v) is 17.5. The van der Waals surface area contributed by atoms with Crippen molar-refractivity contribution in [3.8, 4) is 56.3 Å². The summed E-state index contributed by atoms with van der Waals surface area (Å²) in [5.74, 6) is -3.67. The summed E-state index contributed by atoms with van der Waals surface area (Å²) in [6, 6.07) is 49.3. The highest BCUT2D eigenvalue weighted by atomic mass is 19.2. The van der Waals surface area contributed by atoms with Gasteiger partial charge in [0.05, 0.1) is 34.3 Å². The Bertz CT molecular complexity index is 6060. The van der Waals surface area contributed by atoms with E-state index >= 15 is 4.39 Å². The Hall–Kier alpha value is -12.0. The number of aryl methyl sites for hydroxylation is 10. The molecule has 0 saturated carbocycles.